The van der Waals surface area contributed by atoms with Crippen LogP contribution in [0.2, 0.25) is 0 Å². The van der Waals surface area contributed by atoms with E-state index in [-0.39, 0.29) is 30.8 Å². The third kappa shape index (κ3) is 38.6. The van der Waals surface area contributed by atoms with Crippen LogP contribution in [0, 0.1) is 0 Å². The van der Waals surface area contributed by atoms with Crippen LogP contribution in [0.5, 0.6) is 0 Å². The van der Waals surface area contributed by atoms with E-state index in [9.17, 15) is 14.7 Å². The van der Waals surface area contributed by atoms with Gasteiger partial charge in [0.2, 0.25) is 0 Å². The fourth-order valence-corrected chi connectivity index (χ4v) is 6.95. The first-order valence-electron chi connectivity index (χ1n) is 23.2. The van der Waals surface area contributed by atoms with Gasteiger partial charge in [-0.2, -0.15) is 0 Å². The van der Waals surface area contributed by atoms with E-state index in [4.69, 9.17) is 9.47 Å². The average Bonchev–Trinajstić information content (AvgIpc) is 3.15. The number of nitrogens with zero attached hydrogens (tertiary/aromatic N) is 1. The Labute approximate surface area is 325 Å². The van der Waals surface area contributed by atoms with Crippen molar-refractivity contribution in [2.24, 2.45) is 0 Å². The summed E-state index contributed by atoms with van der Waals surface area (Å²) in [5.74, 6) is -0.0304. The number of aliphatic hydroxyl groups is 1. The second kappa shape index (κ2) is 44.3. The maximum absolute atomic E-state index is 12.7. The highest BCUT2D eigenvalue weighted by Crippen LogP contribution is 2.19. The Morgan fingerprint density at radius 3 is 1.17 bits per heavy atom. The fourth-order valence-electron chi connectivity index (χ4n) is 6.95. The van der Waals surface area contributed by atoms with Gasteiger partial charge >= 0.3 is 11.9 Å². The van der Waals surface area contributed by atoms with Gasteiger partial charge < -0.3 is 19.5 Å². The van der Waals surface area contributed by atoms with E-state index in [1.54, 1.807) is 0 Å². The maximum atomic E-state index is 12.7. The lowest BCUT2D eigenvalue weighted by molar-refractivity contribution is -0.150. The molecule has 0 heterocycles. The molecule has 6 nitrogen and oxygen atoms in total. The smallest absolute Gasteiger partial charge is 0.306 e. The Morgan fingerprint density at radius 1 is 0.442 bits per heavy atom. The van der Waals surface area contributed by atoms with E-state index in [0.29, 0.717) is 19.4 Å². The molecule has 0 amide bonds. The van der Waals surface area contributed by atoms with Gasteiger partial charge in [0.25, 0.3) is 0 Å². The lowest BCUT2D eigenvalue weighted by atomic mass is 10.0. The number of hydrogen-bond acceptors (Lipinski definition) is 6. The fraction of sp³-hybridized carbons (Fsp3) is 0.957. The lowest BCUT2D eigenvalue weighted by Crippen LogP contribution is -2.29. The SMILES string of the molecule is CC.CCCCCCCCC(CC)OC(=O)CCCCCN(CCO)CCCCCCCC(=O)OC(CCCCCCCC)CCCCCCCC. The number of ether oxygens (including phenoxy) is 2. The summed E-state index contributed by atoms with van der Waals surface area (Å²) in [7, 11) is 0. The van der Waals surface area contributed by atoms with E-state index >= 15 is 0 Å². The zero-order chi connectivity index (χ0) is 38.8. The number of hydrogen-bond donors (Lipinski definition) is 1. The highest BCUT2D eigenvalue weighted by molar-refractivity contribution is 5.69. The molecule has 0 fully saturated rings. The number of rotatable bonds is 40. The van der Waals surface area contributed by atoms with Gasteiger partial charge in [-0.15, -0.1) is 0 Å². The molecule has 0 aliphatic carbocycles. The summed E-state index contributed by atoms with van der Waals surface area (Å²) in [6.07, 6.45) is 36.5. The van der Waals surface area contributed by atoms with Crippen molar-refractivity contribution in [3.63, 3.8) is 0 Å². The maximum Gasteiger partial charge on any atom is 0.306 e. The summed E-state index contributed by atoms with van der Waals surface area (Å²) in [5, 5.41) is 9.56. The van der Waals surface area contributed by atoms with Crippen molar-refractivity contribution in [3.8, 4) is 0 Å². The van der Waals surface area contributed by atoms with Crippen molar-refractivity contribution < 1.29 is 24.2 Å². The molecule has 0 saturated carbocycles. The molecule has 0 bridgehead atoms. The summed E-state index contributed by atoms with van der Waals surface area (Å²) >= 11 is 0. The van der Waals surface area contributed by atoms with E-state index in [1.165, 1.54) is 109 Å². The van der Waals surface area contributed by atoms with Crippen LogP contribution in [0.4, 0.5) is 0 Å². The van der Waals surface area contributed by atoms with Gasteiger partial charge in [-0.05, 0) is 83.7 Å². The van der Waals surface area contributed by atoms with Crippen LogP contribution in [-0.4, -0.2) is 60.4 Å². The number of unbranched alkanes of at least 4 members (excludes halogenated alkanes) is 21. The summed E-state index contributed by atoms with van der Waals surface area (Å²) in [6, 6.07) is 0. The lowest BCUT2D eigenvalue weighted by Gasteiger charge is -2.21. The van der Waals surface area contributed by atoms with E-state index < -0.39 is 0 Å². The summed E-state index contributed by atoms with van der Waals surface area (Å²) in [5.41, 5.74) is 0. The molecule has 0 aromatic heterocycles. The topological polar surface area (TPSA) is 76.1 Å². The number of carbonyl (C=O) groups is 2. The predicted octanol–water partition coefficient (Wildman–Crippen LogP) is 13.7. The molecule has 0 aliphatic heterocycles. The molecule has 0 radical (unpaired) electrons. The first-order valence-corrected chi connectivity index (χ1v) is 23.2. The Balaban J connectivity index is 0. The van der Waals surface area contributed by atoms with Gasteiger partial charge in [-0.1, -0.05) is 164 Å². The largest absolute Gasteiger partial charge is 0.462 e. The van der Waals surface area contributed by atoms with E-state index in [0.717, 1.165) is 96.6 Å². The third-order valence-corrected chi connectivity index (χ3v) is 10.3. The molecule has 1 unspecified atom stereocenters. The van der Waals surface area contributed by atoms with Crippen LogP contribution < -0.4 is 0 Å². The van der Waals surface area contributed by atoms with Gasteiger partial charge in [0, 0.05) is 19.4 Å². The monoisotopic (exact) mass is 740 g/mol. The molecule has 0 aliphatic rings. The molecule has 1 N–H and O–H groups in total. The van der Waals surface area contributed by atoms with Crippen molar-refractivity contribution in [2.45, 2.75) is 259 Å². The summed E-state index contributed by atoms with van der Waals surface area (Å²) < 4.78 is 11.8. The molecule has 0 aromatic carbocycles. The number of carbonyl (C=O) groups excluding carboxylic acids is 2. The highest BCUT2D eigenvalue weighted by atomic mass is 16.5. The van der Waals surface area contributed by atoms with Crippen molar-refractivity contribution in [2.75, 3.05) is 26.2 Å². The van der Waals surface area contributed by atoms with Crippen molar-refractivity contribution in [3.05, 3.63) is 0 Å². The van der Waals surface area contributed by atoms with Crippen molar-refractivity contribution in [1.82, 2.24) is 4.90 Å². The van der Waals surface area contributed by atoms with Gasteiger partial charge in [0.15, 0.2) is 0 Å². The first-order chi connectivity index (χ1) is 25.5. The van der Waals surface area contributed by atoms with Crippen LogP contribution >= 0.6 is 0 Å². The second-order valence-electron chi connectivity index (χ2n) is 15.2. The average molecular weight is 740 g/mol. The van der Waals surface area contributed by atoms with Gasteiger partial charge in [-0.3, -0.25) is 9.59 Å². The van der Waals surface area contributed by atoms with E-state index in [2.05, 4.69) is 32.6 Å². The van der Waals surface area contributed by atoms with Gasteiger partial charge in [0.05, 0.1) is 6.61 Å². The zero-order valence-corrected chi connectivity index (χ0v) is 36.1. The third-order valence-electron chi connectivity index (χ3n) is 10.3. The first kappa shape index (κ1) is 53.0. The van der Waals surface area contributed by atoms with Gasteiger partial charge in [0.1, 0.15) is 12.2 Å². The Hall–Kier alpha value is -1.14. The number of aliphatic hydroxyl groups excluding tert-OH is 1. The number of esters is 2. The minimum absolute atomic E-state index is 0.00713. The molecular formula is C46H93NO5. The van der Waals surface area contributed by atoms with Crippen molar-refractivity contribution >= 4 is 11.9 Å². The van der Waals surface area contributed by atoms with E-state index in [1.807, 2.05) is 13.8 Å². The van der Waals surface area contributed by atoms with Crippen LogP contribution in [0.3, 0.4) is 0 Å². The molecule has 0 spiro atoms. The minimum Gasteiger partial charge on any atom is -0.462 e. The summed E-state index contributed by atoms with van der Waals surface area (Å²) in [4.78, 5) is 27.4. The standard InChI is InChI=1S/C44H87NO5.C2H6/c1-5-9-12-15-19-25-32-41(8-4)49-43(47)36-29-24-31-38-45(39-40-46)37-30-23-18-22-28-35-44(48)50-42(33-26-20-16-13-10-6-2)34-27-21-17-14-11-7-3;1-2/h41-42,46H,5-40H2,1-4H3;1-2H3. The highest BCUT2D eigenvalue weighted by Gasteiger charge is 2.15. The van der Waals surface area contributed by atoms with Crippen LogP contribution in [0.25, 0.3) is 0 Å². The zero-order valence-electron chi connectivity index (χ0n) is 36.1. The van der Waals surface area contributed by atoms with Gasteiger partial charge in [-0.25, -0.2) is 0 Å². The van der Waals surface area contributed by atoms with Crippen LogP contribution in [0.15, 0.2) is 0 Å². The van der Waals surface area contributed by atoms with Crippen molar-refractivity contribution in [1.29, 1.82) is 0 Å². The minimum atomic E-state index is -0.0375. The normalized spacial score (nSPS) is 11.9. The molecule has 52 heavy (non-hydrogen) atoms. The molecule has 1 atom stereocenters. The molecule has 0 aromatic rings. The quantitative estimate of drug-likeness (QED) is 0.0498. The Morgan fingerprint density at radius 2 is 0.769 bits per heavy atom. The van der Waals surface area contributed by atoms with Crippen LogP contribution in [-0.2, 0) is 19.1 Å². The summed E-state index contributed by atoms with van der Waals surface area (Å²) in [6.45, 7) is 15.7. The Bertz CT molecular complexity index is 701. The predicted molar refractivity (Wildman–Crippen MR) is 225 cm³/mol. The second-order valence-corrected chi connectivity index (χ2v) is 15.2. The molecule has 0 rings (SSSR count). The molecule has 0 saturated heterocycles. The Kier molecular flexibility index (Phi) is 45.1. The van der Waals surface area contributed by atoms with Crippen LogP contribution in [0.1, 0.15) is 247 Å². The molecule has 312 valence electrons. The molecule has 6 heteroatoms. The molecular weight excluding hydrogens is 647 g/mol.